The van der Waals surface area contributed by atoms with E-state index in [9.17, 15) is 4.79 Å². The third-order valence-electron chi connectivity index (χ3n) is 3.76. The van der Waals surface area contributed by atoms with Gasteiger partial charge in [-0.15, -0.1) is 0 Å². The quantitative estimate of drug-likeness (QED) is 0.791. The third-order valence-corrected chi connectivity index (χ3v) is 4.00. The Morgan fingerprint density at radius 3 is 3.05 bits per heavy atom. The molecular weight excluding hydrogens is 276 g/mol. The van der Waals surface area contributed by atoms with Crippen LogP contribution in [0.4, 0.5) is 0 Å². The van der Waals surface area contributed by atoms with Crippen LogP contribution in [-0.2, 0) is 4.79 Å². The first-order chi connectivity index (χ1) is 9.70. The minimum absolute atomic E-state index is 0.0752. The zero-order valence-corrected chi connectivity index (χ0v) is 12.2. The molecule has 5 heteroatoms. The van der Waals surface area contributed by atoms with E-state index in [4.69, 9.17) is 22.1 Å². The lowest BCUT2D eigenvalue weighted by atomic mass is 9.95. The number of halogens is 1. The number of carbonyl (C=O) groups is 1. The molecule has 1 aliphatic carbocycles. The van der Waals surface area contributed by atoms with Crippen LogP contribution in [0.5, 0.6) is 5.75 Å². The zero-order valence-electron chi connectivity index (χ0n) is 11.5. The Morgan fingerprint density at radius 2 is 2.30 bits per heavy atom. The van der Waals surface area contributed by atoms with Crippen LogP contribution in [-0.4, -0.2) is 25.6 Å². The minimum Gasteiger partial charge on any atom is -0.492 e. The van der Waals surface area contributed by atoms with E-state index in [-0.39, 0.29) is 11.8 Å². The highest BCUT2D eigenvalue weighted by molar-refractivity contribution is 6.30. The molecule has 0 unspecified atom stereocenters. The second-order valence-corrected chi connectivity index (χ2v) is 5.57. The van der Waals surface area contributed by atoms with Gasteiger partial charge in [-0.05, 0) is 43.5 Å². The summed E-state index contributed by atoms with van der Waals surface area (Å²) in [5, 5.41) is 3.56. The first-order valence-corrected chi connectivity index (χ1v) is 7.44. The Morgan fingerprint density at radius 1 is 1.45 bits per heavy atom. The fraction of sp³-hybridized carbons (Fsp3) is 0.533. The van der Waals surface area contributed by atoms with Crippen molar-refractivity contribution in [2.75, 3.05) is 19.7 Å². The van der Waals surface area contributed by atoms with Gasteiger partial charge in [0.25, 0.3) is 0 Å². The smallest absolute Gasteiger partial charge is 0.223 e. The molecule has 1 aliphatic rings. The highest BCUT2D eigenvalue weighted by atomic mass is 35.5. The van der Waals surface area contributed by atoms with Crippen molar-refractivity contribution in [1.82, 2.24) is 5.32 Å². The molecule has 20 heavy (non-hydrogen) atoms. The first-order valence-electron chi connectivity index (χ1n) is 7.07. The van der Waals surface area contributed by atoms with Gasteiger partial charge in [0, 0.05) is 10.9 Å². The van der Waals surface area contributed by atoms with Crippen LogP contribution in [0, 0.1) is 11.8 Å². The summed E-state index contributed by atoms with van der Waals surface area (Å²) in [6.07, 6.45) is 3.11. The lowest BCUT2D eigenvalue weighted by Gasteiger charge is -2.17. The summed E-state index contributed by atoms with van der Waals surface area (Å²) < 4.78 is 5.53. The summed E-state index contributed by atoms with van der Waals surface area (Å²) in [4.78, 5) is 12.0. The van der Waals surface area contributed by atoms with Gasteiger partial charge in [-0.3, -0.25) is 4.79 Å². The predicted molar refractivity (Wildman–Crippen MR) is 79.8 cm³/mol. The number of benzene rings is 1. The van der Waals surface area contributed by atoms with E-state index in [1.807, 2.05) is 12.1 Å². The van der Waals surface area contributed by atoms with Crippen molar-refractivity contribution in [2.24, 2.45) is 17.6 Å². The molecule has 0 spiro atoms. The van der Waals surface area contributed by atoms with E-state index in [0.29, 0.717) is 36.4 Å². The van der Waals surface area contributed by atoms with Crippen LogP contribution in [0.25, 0.3) is 0 Å². The van der Waals surface area contributed by atoms with Crippen LogP contribution in [0.1, 0.15) is 19.3 Å². The Kier molecular flexibility index (Phi) is 5.68. The van der Waals surface area contributed by atoms with E-state index in [1.165, 1.54) is 0 Å². The van der Waals surface area contributed by atoms with Crippen molar-refractivity contribution in [3.05, 3.63) is 29.3 Å². The molecule has 1 amide bonds. The molecule has 4 nitrogen and oxygen atoms in total. The van der Waals surface area contributed by atoms with Gasteiger partial charge in [0.05, 0.1) is 6.54 Å². The molecule has 1 aromatic rings. The van der Waals surface area contributed by atoms with Gasteiger partial charge in [-0.25, -0.2) is 0 Å². The maximum absolute atomic E-state index is 12.0. The molecule has 0 aliphatic heterocycles. The Balaban J connectivity index is 1.69. The maximum Gasteiger partial charge on any atom is 0.223 e. The van der Waals surface area contributed by atoms with E-state index in [0.717, 1.165) is 19.3 Å². The van der Waals surface area contributed by atoms with E-state index < -0.39 is 0 Å². The average Bonchev–Trinajstić information content (AvgIpc) is 2.92. The van der Waals surface area contributed by atoms with Crippen molar-refractivity contribution in [1.29, 1.82) is 0 Å². The molecule has 1 fully saturated rings. The number of hydrogen-bond donors (Lipinski definition) is 2. The van der Waals surface area contributed by atoms with Gasteiger partial charge in [-0.2, -0.15) is 0 Å². The summed E-state index contributed by atoms with van der Waals surface area (Å²) in [6, 6.07) is 7.23. The Bertz CT molecular complexity index is 453. The molecule has 0 saturated heterocycles. The van der Waals surface area contributed by atoms with Gasteiger partial charge >= 0.3 is 0 Å². The zero-order chi connectivity index (χ0) is 14.4. The molecule has 1 saturated carbocycles. The van der Waals surface area contributed by atoms with Crippen LogP contribution in [0.2, 0.25) is 5.02 Å². The second kappa shape index (κ2) is 7.50. The number of hydrogen-bond acceptors (Lipinski definition) is 3. The van der Waals surface area contributed by atoms with Crippen molar-refractivity contribution in [3.63, 3.8) is 0 Å². The highest BCUT2D eigenvalue weighted by Crippen LogP contribution is 2.30. The SMILES string of the molecule is NC[C@H]1CCC[C@H]1C(=O)NCCOc1cccc(Cl)c1. The molecule has 110 valence electrons. The molecule has 1 aromatic carbocycles. The number of nitrogens with one attached hydrogen (secondary N) is 1. The largest absolute Gasteiger partial charge is 0.492 e. The summed E-state index contributed by atoms with van der Waals surface area (Å²) >= 11 is 5.86. The number of amides is 1. The minimum atomic E-state index is 0.0752. The molecular formula is C15H21ClN2O2. The van der Waals surface area contributed by atoms with E-state index >= 15 is 0 Å². The van der Waals surface area contributed by atoms with Crippen molar-refractivity contribution >= 4 is 17.5 Å². The van der Waals surface area contributed by atoms with Crippen LogP contribution >= 0.6 is 11.6 Å². The van der Waals surface area contributed by atoms with Gasteiger partial charge < -0.3 is 15.8 Å². The van der Waals surface area contributed by atoms with Gasteiger partial charge in [0.15, 0.2) is 0 Å². The first kappa shape index (κ1) is 15.1. The van der Waals surface area contributed by atoms with E-state index in [2.05, 4.69) is 5.32 Å². The number of ether oxygens (including phenoxy) is 1. The van der Waals surface area contributed by atoms with Gasteiger partial charge in [-0.1, -0.05) is 24.1 Å². The molecule has 0 heterocycles. The maximum atomic E-state index is 12.0. The predicted octanol–water partition coefficient (Wildman–Crippen LogP) is 2.21. The van der Waals surface area contributed by atoms with Gasteiger partial charge in [0.1, 0.15) is 12.4 Å². The fourth-order valence-corrected chi connectivity index (χ4v) is 2.88. The fourth-order valence-electron chi connectivity index (χ4n) is 2.70. The molecule has 2 atom stereocenters. The van der Waals surface area contributed by atoms with Crippen LogP contribution in [0.15, 0.2) is 24.3 Å². The summed E-state index contributed by atoms with van der Waals surface area (Å²) in [5.74, 6) is 1.23. The summed E-state index contributed by atoms with van der Waals surface area (Å²) in [7, 11) is 0. The highest BCUT2D eigenvalue weighted by Gasteiger charge is 2.31. The van der Waals surface area contributed by atoms with Crippen LogP contribution < -0.4 is 15.8 Å². The van der Waals surface area contributed by atoms with Crippen molar-refractivity contribution in [2.45, 2.75) is 19.3 Å². The third kappa shape index (κ3) is 4.12. The topological polar surface area (TPSA) is 64.4 Å². The Hall–Kier alpha value is -1.26. The van der Waals surface area contributed by atoms with Crippen LogP contribution in [0.3, 0.4) is 0 Å². The number of nitrogens with two attached hydrogens (primary N) is 1. The summed E-state index contributed by atoms with van der Waals surface area (Å²) in [5.41, 5.74) is 5.69. The number of rotatable bonds is 6. The summed E-state index contributed by atoms with van der Waals surface area (Å²) in [6.45, 7) is 1.53. The molecule has 0 bridgehead atoms. The molecule has 3 N–H and O–H groups in total. The monoisotopic (exact) mass is 296 g/mol. The number of carbonyl (C=O) groups excluding carboxylic acids is 1. The van der Waals surface area contributed by atoms with Crippen molar-refractivity contribution < 1.29 is 9.53 Å². The molecule has 0 radical (unpaired) electrons. The lowest BCUT2D eigenvalue weighted by Crippen LogP contribution is -2.37. The lowest BCUT2D eigenvalue weighted by molar-refractivity contribution is -0.126. The normalized spacial score (nSPS) is 21.7. The second-order valence-electron chi connectivity index (χ2n) is 5.13. The standard InChI is InChI=1S/C15H21ClN2O2/c16-12-4-2-5-13(9-12)20-8-7-18-15(19)14-6-1-3-11(14)10-17/h2,4-5,9,11,14H,1,3,6-8,10,17H2,(H,18,19)/t11-,14-/m1/s1. The molecule has 0 aromatic heterocycles. The van der Waals surface area contributed by atoms with Gasteiger partial charge in [0.2, 0.25) is 5.91 Å². The van der Waals surface area contributed by atoms with E-state index in [1.54, 1.807) is 12.1 Å². The molecule has 2 rings (SSSR count). The van der Waals surface area contributed by atoms with Crippen molar-refractivity contribution in [3.8, 4) is 5.75 Å². The Labute approximate surface area is 124 Å². The average molecular weight is 297 g/mol.